The number of aromatic nitrogens is 3. The van der Waals surface area contributed by atoms with Gasteiger partial charge in [-0.1, -0.05) is 11.8 Å². The predicted molar refractivity (Wildman–Crippen MR) is 109 cm³/mol. The van der Waals surface area contributed by atoms with Crippen LogP contribution in [-0.2, 0) is 20.8 Å². The molecule has 0 bridgehead atoms. The molecule has 0 aliphatic carbocycles. The van der Waals surface area contributed by atoms with Crippen molar-refractivity contribution < 1.29 is 19.2 Å². The van der Waals surface area contributed by atoms with Crippen LogP contribution in [-0.4, -0.2) is 75.3 Å². The zero-order valence-electron chi connectivity index (χ0n) is 16.4. The molecular formula is C19H23N5O5S. The summed E-state index contributed by atoms with van der Waals surface area (Å²) in [5.74, 6) is 0.928. The van der Waals surface area contributed by atoms with Crippen molar-refractivity contribution in [3.05, 3.63) is 34.4 Å². The maximum absolute atomic E-state index is 12.5. The minimum atomic E-state index is -0.431. The van der Waals surface area contributed by atoms with Crippen molar-refractivity contribution in [3.8, 4) is 11.4 Å². The number of amides is 1. The van der Waals surface area contributed by atoms with E-state index < -0.39 is 4.92 Å². The van der Waals surface area contributed by atoms with E-state index in [1.807, 2.05) is 4.57 Å². The number of nitrogens with zero attached hydrogens (tertiary/aromatic N) is 5. The highest BCUT2D eigenvalue weighted by Gasteiger charge is 2.24. The SMILES string of the molecule is O=C(CSc1nnc(-c2ccc([N+](=O)[O-])cc2)n1C[C@@H]1CCCO1)N1CCOCC1. The van der Waals surface area contributed by atoms with Gasteiger partial charge in [0.1, 0.15) is 0 Å². The second-order valence-electron chi connectivity index (χ2n) is 7.14. The number of benzene rings is 1. The van der Waals surface area contributed by atoms with Crippen molar-refractivity contribution >= 4 is 23.4 Å². The number of non-ortho nitro benzene ring substituents is 1. The molecule has 2 fully saturated rings. The van der Waals surface area contributed by atoms with Crippen LogP contribution in [0, 0.1) is 10.1 Å². The number of ether oxygens (including phenoxy) is 2. The molecule has 0 saturated carbocycles. The first-order valence-electron chi connectivity index (χ1n) is 9.90. The summed E-state index contributed by atoms with van der Waals surface area (Å²) >= 11 is 1.35. The predicted octanol–water partition coefficient (Wildman–Crippen LogP) is 1.98. The first-order valence-corrected chi connectivity index (χ1v) is 10.9. The van der Waals surface area contributed by atoms with Crippen LogP contribution in [0.2, 0.25) is 0 Å². The fourth-order valence-corrected chi connectivity index (χ4v) is 4.38. The topological polar surface area (TPSA) is 113 Å². The summed E-state index contributed by atoms with van der Waals surface area (Å²) in [6, 6.07) is 6.24. The van der Waals surface area contributed by atoms with E-state index >= 15 is 0 Å². The Kier molecular flexibility index (Phi) is 6.60. The number of hydrogen-bond donors (Lipinski definition) is 0. The lowest BCUT2D eigenvalue weighted by molar-refractivity contribution is -0.384. The van der Waals surface area contributed by atoms with Crippen LogP contribution in [0.15, 0.2) is 29.4 Å². The van der Waals surface area contributed by atoms with Crippen molar-refractivity contribution in [3.63, 3.8) is 0 Å². The van der Waals surface area contributed by atoms with Gasteiger partial charge in [-0.2, -0.15) is 0 Å². The molecule has 0 radical (unpaired) electrons. The van der Waals surface area contributed by atoms with Crippen LogP contribution in [0.1, 0.15) is 12.8 Å². The van der Waals surface area contributed by atoms with Crippen molar-refractivity contribution in [1.82, 2.24) is 19.7 Å². The molecule has 1 atom stereocenters. The van der Waals surface area contributed by atoms with E-state index in [1.54, 1.807) is 17.0 Å². The van der Waals surface area contributed by atoms with E-state index in [0.29, 0.717) is 43.8 Å². The summed E-state index contributed by atoms with van der Waals surface area (Å²) in [6.45, 7) is 3.66. The standard InChI is InChI=1S/C19H23N5O5S/c25-17(22-7-10-28-11-8-22)13-30-19-21-20-18(23(19)12-16-2-1-9-29-16)14-3-5-15(6-4-14)24(26)27/h3-6,16H,1-2,7-13H2/t16-/m0/s1. The minimum Gasteiger partial charge on any atom is -0.378 e. The van der Waals surface area contributed by atoms with Crippen LogP contribution >= 0.6 is 11.8 Å². The number of rotatable bonds is 7. The number of nitro benzene ring substituents is 1. The maximum Gasteiger partial charge on any atom is 0.269 e. The number of morpholine rings is 1. The molecule has 30 heavy (non-hydrogen) atoms. The molecule has 160 valence electrons. The number of carbonyl (C=O) groups excluding carboxylic acids is 1. The summed E-state index contributed by atoms with van der Waals surface area (Å²) < 4.78 is 13.0. The fourth-order valence-electron chi connectivity index (χ4n) is 3.53. The van der Waals surface area contributed by atoms with Crippen molar-refractivity contribution in [1.29, 1.82) is 0 Å². The summed E-state index contributed by atoms with van der Waals surface area (Å²) in [5.41, 5.74) is 0.757. The molecule has 3 heterocycles. The third-order valence-corrected chi connectivity index (χ3v) is 6.10. The summed E-state index contributed by atoms with van der Waals surface area (Å²) in [5, 5.41) is 20.2. The van der Waals surface area contributed by atoms with Gasteiger partial charge in [0.2, 0.25) is 5.91 Å². The molecule has 0 unspecified atom stereocenters. The molecule has 10 nitrogen and oxygen atoms in total. The molecule has 0 N–H and O–H groups in total. The van der Waals surface area contributed by atoms with Crippen LogP contribution in [0.3, 0.4) is 0 Å². The highest BCUT2D eigenvalue weighted by Crippen LogP contribution is 2.28. The van der Waals surface area contributed by atoms with Crippen molar-refractivity contribution in [2.75, 3.05) is 38.7 Å². The Balaban J connectivity index is 1.53. The Morgan fingerprint density at radius 2 is 1.97 bits per heavy atom. The van der Waals surface area contributed by atoms with E-state index in [-0.39, 0.29) is 23.5 Å². The molecule has 2 saturated heterocycles. The van der Waals surface area contributed by atoms with E-state index in [9.17, 15) is 14.9 Å². The smallest absolute Gasteiger partial charge is 0.269 e. The summed E-state index contributed by atoms with van der Waals surface area (Å²) in [6.07, 6.45) is 2.03. The quantitative estimate of drug-likeness (QED) is 0.370. The molecule has 2 aliphatic rings. The maximum atomic E-state index is 12.5. The average molecular weight is 433 g/mol. The van der Waals surface area contributed by atoms with Gasteiger partial charge in [0, 0.05) is 37.4 Å². The van der Waals surface area contributed by atoms with E-state index in [1.165, 1.54) is 23.9 Å². The number of thioether (sulfide) groups is 1. The van der Waals surface area contributed by atoms with Gasteiger partial charge in [0.25, 0.3) is 5.69 Å². The Hall–Kier alpha value is -2.50. The lowest BCUT2D eigenvalue weighted by atomic mass is 10.2. The van der Waals surface area contributed by atoms with Crippen molar-refractivity contribution in [2.24, 2.45) is 0 Å². The van der Waals surface area contributed by atoms with Crippen LogP contribution < -0.4 is 0 Å². The fraction of sp³-hybridized carbons (Fsp3) is 0.526. The second-order valence-corrected chi connectivity index (χ2v) is 8.08. The summed E-state index contributed by atoms with van der Waals surface area (Å²) in [7, 11) is 0. The molecule has 4 rings (SSSR count). The largest absolute Gasteiger partial charge is 0.378 e. The van der Waals surface area contributed by atoms with E-state index in [0.717, 1.165) is 25.0 Å². The van der Waals surface area contributed by atoms with Crippen LogP contribution in [0.4, 0.5) is 5.69 Å². The van der Waals surface area contributed by atoms with Gasteiger partial charge in [-0.15, -0.1) is 10.2 Å². The van der Waals surface area contributed by atoms with Crippen molar-refractivity contribution in [2.45, 2.75) is 30.6 Å². The zero-order chi connectivity index (χ0) is 20.9. The lowest BCUT2D eigenvalue weighted by Crippen LogP contribution is -2.41. The molecule has 2 aliphatic heterocycles. The molecule has 1 aromatic heterocycles. The normalized spacial score (nSPS) is 19.2. The number of nitro groups is 1. The highest BCUT2D eigenvalue weighted by atomic mass is 32.2. The molecule has 1 amide bonds. The zero-order valence-corrected chi connectivity index (χ0v) is 17.3. The number of hydrogen-bond acceptors (Lipinski definition) is 8. The molecule has 2 aromatic rings. The second kappa shape index (κ2) is 9.54. The van der Waals surface area contributed by atoms with Crippen LogP contribution in [0.5, 0.6) is 0 Å². The highest BCUT2D eigenvalue weighted by molar-refractivity contribution is 7.99. The van der Waals surface area contributed by atoms with E-state index in [4.69, 9.17) is 9.47 Å². The Morgan fingerprint density at radius 1 is 1.20 bits per heavy atom. The number of carbonyl (C=O) groups is 1. The summed E-state index contributed by atoms with van der Waals surface area (Å²) in [4.78, 5) is 24.8. The van der Waals surface area contributed by atoms with Gasteiger partial charge < -0.3 is 14.4 Å². The van der Waals surface area contributed by atoms with Gasteiger partial charge >= 0.3 is 0 Å². The van der Waals surface area contributed by atoms with Gasteiger partial charge in [-0.25, -0.2) is 0 Å². The van der Waals surface area contributed by atoms with Gasteiger partial charge in [0.05, 0.1) is 36.5 Å². The Morgan fingerprint density at radius 3 is 2.63 bits per heavy atom. The average Bonchev–Trinajstić information content (AvgIpc) is 3.43. The monoisotopic (exact) mass is 433 g/mol. The first kappa shape index (κ1) is 20.8. The lowest BCUT2D eigenvalue weighted by Gasteiger charge is -2.26. The Bertz CT molecular complexity index is 891. The molecule has 0 spiro atoms. The third kappa shape index (κ3) is 4.79. The van der Waals surface area contributed by atoms with Gasteiger partial charge in [-0.3, -0.25) is 19.5 Å². The van der Waals surface area contributed by atoms with Gasteiger partial charge in [-0.05, 0) is 25.0 Å². The minimum absolute atomic E-state index is 0.0228. The van der Waals surface area contributed by atoms with Gasteiger partial charge in [0.15, 0.2) is 11.0 Å². The van der Waals surface area contributed by atoms with E-state index in [2.05, 4.69) is 10.2 Å². The Labute approximate surface area is 177 Å². The first-order chi connectivity index (χ1) is 14.6. The molecule has 1 aromatic carbocycles. The third-order valence-electron chi connectivity index (χ3n) is 5.15. The van der Waals surface area contributed by atoms with Crippen LogP contribution in [0.25, 0.3) is 11.4 Å². The molecule has 11 heteroatoms. The molecular weight excluding hydrogens is 410 g/mol.